The van der Waals surface area contributed by atoms with Crippen LogP contribution in [0, 0.1) is 11.8 Å². The van der Waals surface area contributed by atoms with Gasteiger partial charge in [0, 0.05) is 29.5 Å². The monoisotopic (exact) mass is 485 g/mol. The predicted molar refractivity (Wildman–Crippen MR) is 130 cm³/mol. The van der Waals surface area contributed by atoms with Crippen molar-refractivity contribution in [2.24, 2.45) is 11.8 Å². The zero-order chi connectivity index (χ0) is 25.5. The van der Waals surface area contributed by atoms with Gasteiger partial charge in [0.1, 0.15) is 18.3 Å². The van der Waals surface area contributed by atoms with Crippen molar-refractivity contribution in [1.82, 2.24) is 5.32 Å². The van der Waals surface area contributed by atoms with Crippen LogP contribution in [0.3, 0.4) is 0 Å². The third-order valence-electron chi connectivity index (χ3n) is 6.27. The average molecular weight is 486 g/mol. The molecule has 0 bridgehead atoms. The molecule has 0 saturated heterocycles. The van der Waals surface area contributed by atoms with Gasteiger partial charge in [0.25, 0.3) is 0 Å². The first kappa shape index (κ1) is 26.5. The van der Waals surface area contributed by atoms with Gasteiger partial charge in [-0.1, -0.05) is 26.0 Å². The van der Waals surface area contributed by atoms with E-state index in [1.54, 1.807) is 6.92 Å². The normalized spacial score (nSPS) is 21.9. The molecule has 0 amide bonds. The molecule has 8 nitrogen and oxygen atoms in total. The van der Waals surface area contributed by atoms with E-state index in [2.05, 4.69) is 5.32 Å². The zero-order valence-corrected chi connectivity index (χ0v) is 21.1. The quantitative estimate of drug-likeness (QED) is 0.304. The van der Waals surface area contributed by atoms with Gasteiger partial charge in [-0.25, -0.2) is 4.79 Å². The van der Waals surface area contributed by atoms with Crippen molar-refractivity contribution in [1.29, 1.82) is 0 Å². The van der Waals surface area contributed by atoms with Crippen LogP contribution in [0.4, 0.5) is 0 Å². The van der Waals surface area contributed by atoms with Gasteiger partial charge in [0.05, 0.1) is 25.9 Å². The Balaban J connectivity index is 2.04. The molecule has 2 aliphatic rings. The van der Waals surface area contributed by atoms with Gasteiger partial charge in [0.15, 0.2) is 5.78 Å². The SMILES string of the molecule is CCCOCCOC(=O)C1=C(C)NC2=C(C(=O)[C@H](C(=O)OC)[C@H](C)C2)[C@@H]1c1cccc(OCC)c1. The van der Waals surface area contributed by atoms with Crippen LogP contribution in [0.1, 0.15) is 52.0 Å². The molecule has 1 aromatic rings. The van der Waals surface area contributed by atoms with Crippen molar-refractivity contribution in [2.45, 2.75) is 46.5 Å². The van der Waals surface area contributed by atoms with E-state index in [9.17, 15) is 14.4 Å². The number of methoxy groups -OCH3 is 1. The highest BCUT2D eigenvalue weighted by Gasteiger charge is 2.47. The lowest BCUT2D eigenvalue weighted by Gasteiger charge is -2.38. The first-order chi connectivity index (χ1) is 16.8. The molecule has 1 aliphatic carbocycles. The van der Waals surface area contributed by atoms with Crippen LogP contribution in [0.2, 0.25) is 0 Å². The van der Waals surface area contributed by atoms with Crippen LogP contribution in [0.25, 0.3) is 0 Å². The lowest BCUT2D eigenvalue weighted by atomic mass is 9.69. The van der Waals surface area contributed by atoms with Crippen LogP contribution >= 0.6 is 0 Å². The Bertz CT molecular complexity index is 1030. The molecular formula is C27H35NO7. The fraction of sp³-hybridized carbons (Fsp3) is 0.519. The third kappa shape index (κ3) is 5.75. The molecule has 0 aromatic heterocycles. The van der Waals surface area contributed by atoms with Gasteiger partial charge in [-0.15, -0.1) is 0 Å². The van der Waals surface area contributed by atoms with E-state index in [1.807, 2.05) is 45.0 Å². The molecule has 1 N–H and O–H groups in total. The fourth-order valence-corrected chi connectivity index (χ4v) is 4.75. The number of ether oxygens (including phenoxy) is 4. The Labute approximate surface area is 206 Å². The van der Waals surface area contributed by atoms with E-state index in [1.165, 1.54) is 7.11 Å². The van der Waals surface area contributed by atoms with Crippen molar-refractivity contribution in [2.75, 3.05) is 33.5 Å². The summed E-state index contributed by atoms with van der Waals surface area (Å²) in [7, 11) is 1.28. The van der Waals surface area contributed by atoms with Gasteiger partial charge >= 0.3 is 11.9 Å². The summed E-state index contributed by atoms with van der Waals surface area (Å²) in [6.07, 6.45) is 1.35. The van der Waals surface area contributed by atoms with Crippen LogP contribution in [0.15, 0.2) is 46.8 Å². The summed E-state index contributed by atoms with van der Waals surface area (Å²) >= 11 is 0. The third-order valence-corrected chi connectivity index (χ3v) is 6.27. The number of nitrogens with one attached hydrogen (secondary N) is 1. The van der Waals surface area contributed by atoms with Gasteiger partial charge in [0.2, 0.25) is 0 Å². The lowest BCUT2D eigenvalue weighted by Crippen LogP contribution is -2.43. The molecular weight excluding hydrogens is 450 g/mol. The first-order valence-electron chi connectivity index (χ1n) is 12.1. The minimum Gasteiger partial charge on any atom is -0.494 e. The Kier molecular flexibility index (Phi) is 9.09. The van der Waals surface area contributed by atoms with Crippen molar-refractivity contribution in [3.63, 3.8) is 0 Å². The summed E-state index contributed by atoms with van der Waals surface area (Å²) in [4.78, 5) is 39.6. The number of carbonyl (C=O) groups is 3. The number of benzene rings is 1. The van der Waals surface area contributed by atoms with Crippen molar-refractivity contribution in [3.05, 3.63) is 52.4 Å². The number of Topliss-reactive ketones (excluding diaryl/α,β-unsaturated/α-hetero) is 1. The van der Waals surface area contributed by atoms with E-state index >= 15 is 0 Å². The number of rotatable bonds is 10. The van der Waals surface area contributed by atoms with E-state index in [0.717, 1.165) is 12.1 Å². The van der Waals surface area contributed by atoms with Gasteiger partial charge < -0.3 is 24.3 Å². The Morgan fingerprint density at radius 2 is 1.91 bits per heavy atom. The molecule has 1 aliphatic heterocycles. The molecule has 0 fully saturated rings. The van der Waals surface area contributed by atoms with Crippen molar-refractivity contribution in [3.8, 4) is 5.75 Å². The number of hydrogen-bond donors (Lipinski definition) is 1. The maximum atomic E-state index is 13.7. The molecule has 3 rings (SSSR count). The second kappa shape index (κ2) is 12.0. The molecule has 0 saturated carbocycles. The molecule has 1 heterocycles. The minimum atomic E-state index is -0.934. The minimum absolute atomic E-state index is 0.100. The molecule has 35 heavy (non-hydrogen) atoms. The molecule has 0 spiro atoms. The lowest BCUT2D eigenvalue weighted by molar-refractivity contribution is -0.151. The molecule has 0 unspecified atom stereocenters. The number of ketones is 1. The highest BCUT2D eigenvalue weighted by Crippen LogP contribution is 2.45. The van der Waals surface area contributed by atoms with E-state index in [0.29, 0.717) is 54.4 Å². The number of allylic oxidation sites excluding steroid dienone is 3. The highest BCUT2D eigenvalue weighted by atomic mass is 16.6. The van der Waals surface area contributed by atoms with Crippen LogP contribution in [-0.4, -0.2) is 51.3 Å². The summed E-state index contributed by atoms with van der Waals surface area (Å²) in [5.41, 5.74) is 2.78. The van der Waals surface area contributed by atoms with Crippen LogP contribution in [0.5, 0.6) is 5.75 Å². The maximum Gasteiger partial charge on any atom is 0.336 e. The largest absolute Gasteiger partial charge is 0.494 e. The van der Waals surface area contributed by atoms with Crippen molar-refractivity contribution >= 4 is 17.7 Å². The Morgan fingerprint density at radius 1 is 1.14 bits per heavy atom. The second-order valence-electron chi connectivity index (χ2n) is 8.79. The number of carbonyl (C=O) groups excluding carboxylic acids is 3. The number of dihydropyridines is 1. The maximum absolute atomic E-state index is 13.7. The van der Waals surface area contributed by atoms with Gasteiger partial charge in [-0.3, -0.25) is 9.59 Å². The number of esters is 2. The average Bonchev–Trinajstić information content (AvgIpc) is 2.83. The zero-order valence-electron chi connectivity index (χ0n) is 21.1. The van der Waals surface area contributed by atoms with Gasteiger partial charge in [-0.2, -0.15) is 0 Å². The Morgan fingerprint density at radius 3 is 2.60 bits per heavy atom. The van der Waals surface area contributed by atoms with Crippen LogP contribution in [-0.2, 0) is 28.6 Å². The summed E-state index contributed by atoms with van der Waals surface area (Å²) in [6, 6.07) is 7.33. The first-order valence-corrected chi connectivity index (χ1v) is 12.1. The highest BCUT2D eigenvalue weighted by molar-refractivity contribution is 6.12. The molecule has 3 atom stereocenters. The number of hydrogen-bond acceptors (Lipinski definition) is 8. The van der Waals surface area contributed by atoms with E-state index < -0.39 is 23.8 Å². The molecule has 1 aromatic carbocycles. The topological polar surface area (TPSA) is 100 Å². The van der Waals surface area contributed by atoms with Crippen molar-refractivity contribution < 1.29 is 33.3 Å². The molecule has 190 valence electrons. The van der Waals surface area contributed by atoms with E-state index in [4.69, 9.17) is 18.9 Å². The summed E-state index contributed by atoms with van der Waals surface area (Å²) < 4.78 is 21.6. The van der Waals surface area contributed by atoms with E-state index in [-0.39, 0.29) is 18.3 Å². The summed E-state index contributed by atoms with van der Waals surface area (Å²) in [6.45, 7) is 9.00. The molecule has 0 radical (unpaired) electrons. The standard InChI is InChI=1S/C27H35NO7/c1-6-11-33-12-13-35-27(31)22-17(4)28-20-14-16(3)21(26(30)32-5)25(29)24(20)23(22)18-9-8-10-19(15-18)34-7-2/h8-10,15-16,21,23,28H,6-7,11-14H2,1-5H3/t16-,21-,23-/m1/s1. The van der Waals surface area contributed by atoms with Gasteiger partial charge in [-0.05, 0) is 50.3 Å². The smallest absolute Gasteiger partial charge is 0.336 e. The summed E-state index contributed by atoms with van der Waals surface area (Å²) in [5, 5.41) is 3.26. The second-order valence-corrected chi connectivity index (χ2v) is 8.79. The fourth-order valence-electron chi connectivity index (χ4n) is 4.75. The Hall–Kier alpha value is -3.13. The molecule has 8 heteroatoms. The van der Waals surface area contributed by atoms with Crippen LogP contribution < -0.4 is 10.1 Å². The summed E-state index contributed by atoms with van der Waals surface area (Å²) in [5.74, 6) is -2.69. The predicted octanol–water partition coefficient (Wildman–Crippen LogP) is 3.67.